The van der Waals surface area contributed by atoms with E-state index in [1.807, 2.05) is 0 Å². The molecule has 0 aliphatic carbocycles. The third kappa shape index (κ3) is 2.93. The number of esters is 1. The van der Waals surface area contributed by atoms with Gasteiger partial charge in [-0.25, -0.2) is 9.79 Å². The molecule has 6 nitrogen and oxygen atoms in total. The van der Waals surface area contributed by atoms with Gasteiger partial charge in [0.15, 0.2) is 0 Å². The Kier molecular flexibility index (Phi) is 4.43. The van der Waals surface area contributed by atoms with Crippen LogP contribution in [0.15, 0.2) is 45.5 Å². The van der Waals surface area contributed by atoms with Crippen LogP contribution in [0.1, 0.15) is 22.8 Å². The monoisotopic (exact) mass is 342 g/mol. The zero-order chi connectivity index (χ0) is 17.1. The van der Waals surface area contributed by atoms with Crippen LogP contribution in [0.2, 0.25) is 0 Å². The average Bonchev–Trinajstić information content (AvgIpc) is 3.03. The van der Waals surface area contributed by atoms with Gasteiger partial charge in [-0.3, -0.25) is 9.78 Å². The van der Waals surface area contributed by atoms with E-state index < -0.39 is 5.97 Å². The Balaban J connectivity index is 2.05. The highest BCUT2D eigenvalue weighted by atomic mass is 32.1. The number of H-pyrrole nitrogens is 1. The minimum atomic E-state index is -0.443. The fourth-order valence-electron chi connectivity index (χ4n) is 2.31. The molecule has 0 saturated carbocycles. The standard InChI is InChI=1S/C17H14N2O4S/c1-2-23-17(22)12-7-8-24-16(12)18-9-13-10-5-3-4-6-11(10)14(20)19-15(13)21/h3-9H,2H2,1H3,(H2,19,20,21)/b18-9+. The van der Waals surface area contributed by atoms with Gasteiger partial charge in [0, 0.05) is 17.0 Å². The smallest absolute Gasteiger partial charge is 0.341 e. The van der Waals surface area contributed by atoms with E-state index in [0.717, 1.165) is 0 Å². The van der Waals surface area contributed by atoms with Gasteiger partial charge < -0.3 is 9.84 Å². The minimum absolute atomic E-state index is 0.267. The lowest BCUT2D eigenvalue weighted by atomic mass is 10.1. The fraction of sp³-hybridized carbons (Fsp3) is 0.118. The Morgan fingerprint density at radius 2 is 2.08 bits per heavy atom. The van der Waals surface area contributed by atoms with Crippen molar-refractivity contribution in [3.05, 3.63) is 57.2 Å². The first-order chi connectivity index (χ1) is 11.6. The Bertz CT molecular complexity index is 988. The van der Waals surface area contributed by atoms with Gasteiger partial charge in [0.05, 0.1) is 17.7 Å². The van der Waals surface area contributed by atoms with Gasteiger partial charge >= 0.3 is 5.97 Å². The summed E-state index contributed by atoms with van der Waals surface area (Å²) < 4.78 is 4.99. The zero-order valence-corrected chi connectivity index (χ0v) is 13.6. The lowest BCUT2D eigenvalue weighted by Crippen LogP contribution is -2.07. The van der Waals surface area contributed by atoms with Crippen molar-refractivity contribution in [3.8, 4) is 5.88 Å². The summed E-state index contributed by atoms with van der Waals surface area (Å²) in [7, 11) is 0. The number of aliphatic imine (C=N–C) groups is 1. The van der Waals surface area contributed by atoms with Crippen LogP contribution in [0.5, 0.6) is 5.88 Å². The summed E-state index contributed by atoms with van der Waals surface area (Å²) in [5.74, 6) is -0.710. The second-order valence-electron chi connectivity index (χ2n) is 4.88. The summed E-state index contributed by atoms with van der Waals surface area (Å²) in [6.07, 6.45) is 1.43. The zero-order valence-electron chi connectivity index (χ0n) is 12.8. The lowest BCUT2D eigenvalue weighted by Gasteiger charge is -2.04. The highest BCUT2D eigenvalue weighted by Crippen LogP contribution is 2.28. The number of carbonyl (C=O) groups excluding carboxylic acids is 1. The predicted octanol–water partition coefficient (Wildman–Crippen LogP) is 3.22. The maximum Gasteiger partial charge on any atom is 0.341 e. The molecule has 2 N–H and O–H groups in total. The molecule has 0 amide bonds. The molecule has 3 aromatic rings. The minimum Gasteiger partial charge on any atom is -0.494 e. The van der Waals surface area contributed by atoms with Crippen LogP contribution in [-0.2, 0) is 4.74 Å². The second-order valence-corrected chi connectivity index (χ2v) is 5.77. The molecule has 0 aliphatic heterocycles. The number of ether oxygens (including phenoxy) is 1. The molecular weight excluding hydrogens is 328 g/mol. The van der Waals surface area contributed by atoms with E-state index >= 15 is 0 Å². The average molecular weight is 342 g/mol. The fourth-order valence-corrected chi connectivity index (χ4v) is 3.03. The van der Waals surface area contributed by atoms with Crippen LogP contribution in [0.25, 0.3) is 10.8 Å². The van der Waals surface area contributed by atoms with Gasteiger partial charge in [-0.1, -0.05) is 18.2 Å². The quantitative estimate of drug-likeness (QED) is 0.562. The molecule has 2 heterocycles. The van der Waals surface area contributed by atoms with Crippen molar-refractivity contribution >= 4 is 39.3 Å². The number of benzene rings is 1. The van der Waals surface area contributed by atoms with Crippen molar-refractivity contribution < 1.29 is 14.6 Å². The van der Waals surface area contributed by atoms with Gasteiger partial charge in [0.1, 0.15) is 5.00 Å². The third-order valence-corrected chi connectivity index (χ3v) is 4.22. The number of hydrogen-bond acceptors (Lipinski definition) is 6. The number of aromatic amines is 1. The summed E-state index contributed by atoms with van der Waals surface area (Å²) in [6, 6.07) is 8.55. The van der Waals surface area contributed by atoms with Crippen molar-refractivity contribution in [2.45, 2.75) is 6.92 Å². The number of rotatable bonds is 4. The van der Waals surface area contributed by atoms with E-state index in [4.69, 9.17) is 4.74 Å². The molecule has 0 radical (unpaired) electrons. The summed E-state index contributed by atoms with van der Waals surface area (Å²) in [5.41, 5.74) is 0.378. The molecule has 122 valence electrons. The van der Waals surface area contributed by atoms with E-state index in [2.05, 4.69) is 9.98 Å². The Labute approximate surface area is 141 Å². The summed E-state index contributed by atoms with van der Waals surface area (Å²) in [6.45, 7) is 2.01. The highest BCUT2D eigenvalue weighted by Gasteiger charge is 2.14. The molecule has 0 aliphatic rings. The molecule has 7 heteroatoms. The molecule has 1 aromatic carbocycles. The first-order valence-electron chi connectivity index (χ1n) is 7.24. The first-order valence-corrected chi connectivity index (χ1v) is 8.12. The molecule has 0 atom stereocenters. The maximum absolute atomic E-state index is 11.9. The van der Waals surface area contributed by atoms with E-state index in [-0.39, 0.29) is 18.0 Å². The molecule has 3 rings (SSSR count). The normalized spacial score (nSPS) is 11.2. The van der Waals surface area contributed by atoms with Crippen LogP contribution in [-0.4, -0.2) is 28.9 Å². The third-order valence-electron chi connectivity index (χ3n) is 3.40. The number of nitrogens with zero attached hydrogens (tertiary/aromatic N) is 1. The Morgan fingerprint density at radius 3 is 2.83 bits per heavy atom. The molecule has 0 fully saturated rings. The summed E-state index contributed by atoms with van der Waals surface area (Å²) in [5, 5.41) is 13.3. The molecular formula is C17H14N2O4S. The number of aromatic hydroxyl groups is 1. The van der Waals surface area contributed by atoms with Crippen LogP contribution in [0.3, 0.4) is 0 Å². The molecule has 24 heavy (non-hydrogen) atoms. The molecule has 0 unspecified atom stereocenters. The van der Waals surface area contributed by atoms with E-state index in [1.54, 1.807) is 42.6 Å². The number of hydrogen-bond donors (Lipinski definition) is 2. The van der Waals surface area contributed by atoms with E-state index in [0.29, 0.717) is 26.9 Å². The SMILES string of the molecule is CCOC(=O)c1ccsc1/N=C/c1c(O)[nH]c(=O)c2ccccc12. The lowest BCUT2D eigenvalue weighted by molar-refractivity contribution is 0.0528. The topological polar surface area (TPSA) is 91.8 Å². The number of pyridine rings is 1. The Morgan fingerprint density at radius 1 is 1.33 bits per heavy atom. The van der Waals surface area contributed by atoms with Crippen molar-refractivity contribution in [1.29, 1.82) is 0 Å². The number of thiophene rings is 1. The van der Waals surface area contributed by atoms with Crippen molar-refractivity contribution in [3.63, 3.8) is 0 Å². The van der Waals surface area contributed by atoms with Crippen molar-refractivity contribution in [1.82, 2.24) is 4.98 Å². The highest BCUT2D eigenvalue weighted by molar-refractivity contribution is 7.14. The van der Waals surface area contributed by atoms with Crippen LogP contribution in [0.4, 0.5) is 5.00 Å². The van der Waals surface area contributed by atoms with Gasteiger partial charge in [0.25, 0.3) is 5.56 Å². The first kappa shape index (κ1) is 15.9. The van der Waals surface area contributed by atoms with Crippen molar-refractivity contribution in [2.24, 2.45) is 4.99 Å². The number of nitrogens with one attached hydrogen (secondary N) is 1. The number of fused-ring (bicyclic) bond motifs is 1. The molecule has 2 aromatic heterocycles. The van der Waals surface area contributed by atoms with Gasteiger partial charge in [-0.05, 0) is 24.4 Å². The molecule has 0 bridgehead atoms. The van der Waals surface area contributed by atoms with Gasteiger partial charge in [-0.2, -0.15) is 0 Å². The molecule has 0 saturated heterocycles. The van der Waals surface area contributed by atoms with Gasteiger partial charge in [-0.15, -0.1) is 11.3 Å². The van der Waals surface area contributed by atoms with Crippen LogP contribution >= 0.6 is 11.3 Å². The Hall–Kier alpha value is -2.93. The van der Waals surface area contributed by atoms with Crippen molar-refractivity contribution in [2.75, 3.05) is 6.61 Å². The summed E-state index contributed by atoms with van der Waals surface area (Å²) >= 11 is 1.29. The van der Waals surface area contributed by atoms with E-state index in [1.165, 1.54) is 17.6 Å². The largest absolute Gasteiger partial charge is 0.494 e. The van der Waals surface area contributed by atoms with E-state index in [9.17, 15) is 14.7 Å². The summed E-state index contributed by atoms with van der Waals surface area (Å²) in [4.78, 5) is 30.4. The predicted molar refractivity (Wildman–Crippen MR) is 93.8 cm³/mol. The molecule has 0 spiro atoms. The van der Waals surface area contributed by atoms with Crippen LogP contribution in [0, 0.1) is 0 Å². The van der Waals surface area contributed by atoms with Crippen LogP contribution < -0.4 is 5.56 Å². The van der Waals surface area contributed by atoms with Gasteiger partial charge in [0.2, 0.25) is 5.88 Å². The second kappa shape index (κ2) is 6.67. The number of carbonyl (C=O) groups is 1. The number of aromatic nitrogens is 1. The maximum atomic E-state index is 11.9.